The molecule has 0 aromatic carbocycles. The Balaban J connectivity index is 0.000000112. The Labute approximate surface area is 675 Å². The Morgan fingerprint density at radius 3 is 1.06 bits per heavy atom. The zero-order valence-electron chi connectivity index (χ0n) is 72.6. The third-order valence-electron chi connectivity index (χ3n) is 37.0. The van der Waals surface area contributed by atoms with Crippen molar-refractivity contribution in [1.29, 1.82) is 0 Å². The Bertz CT molecular complexity index is 3120. The molecule has 0 amide bonds. The molecule has 112 heavy (non-hydrogen) atoms. The van der Waals surface area contributed by atoms with E-state index in [9.17, 15) is 28.8 Å². The van der Waals surface area contributed by atoms with Gasteiger partial charge in [-0.15, -0.1) is 0 Å². The van der Waals surface area contributed by atoms with Crippen LogP contribution in [0.25, 0.3) is 0 Å². The monoisotopic (exact) mass is 1560 g/mol. The molecule has 20 aliphatic carbocycles. The Kier molecular flexibility index (Phi) is 27.3. The summed E-state index contributed by atoms with van der Waals surface area (Å²) in [5, 5.41) is 0. The van der Waals surface area contributed by atoms with Gasteiger partial charge in [-0.05, 0) is 364 Å². The van der Waals surface area contributed by atoms with E-state index in [2.05, 4.69) is 96.9 Å². The van der Waals surface area contributed by atoms with Crippen LogP contribution in [0, 0.1) is 225 Å². The number of ether oxygens (including phenoxy) is 10. The van der Waals surface area contributed by atoms with Crippen molar-refractivity contribution in [3.05, 3.63) is 0 Å². The molecule has 634 valence electrons. The van der Waals surface area contributed by atoms with E-state index in [0.717, 1.165) is 171 Å². The van der Waals surface area contributed by atoms with Crippen LogP contribution in [0.5, 0.6) is 0 Å². The number of fused-ring (bicyclic) bond motifs is 12. The quantitative estimate of drug-likeness (QED) is 0.0543. The molecule has 16 nitrogen and oxygen atoms in total. The van der Waals surface area contributed by atoms with Crippen LogP contribution in [0.1, 0.15) is 278 Å². The van der Waals surface area contributed by atoms with Gasteiger partial charge in [0.1, 0.15) is 11.7 Å². The van der Waals surface area contributed by atoms with Crippen LogP contribution >= 0.6 is 0 Å². The minimum absolute atomic E-state index is 0.00755. The van der Waals surface area contributed by atoms with Gasteiger partial charge in [-0.1, -0.05) is 96.9 Å². The van der Waals surface area contributed by atoms with Crippen molar-refractivity contribution in [3.63, 3.8) is 0 Å². The van der Waals surface area contributed by atoms with E-state index in [-0.39, 0.29) is 103 Å². The van der Waals surface area contributed by atoms with E-state index >= 15 is 0 Å². The molecule has 0 aromatic heterocycles. The maximum absolute atomic E-state index is 12.9. The van der Waals surface area contributed by atoms with E-state index in [0.29, 0.717) is 96.1 Å². The fraction of sp³-hybridized carbons (Fsp3) is 0.938. The van der Waals surface area contributed by atoms with Crippen LogP contribution in [0.2, 0.25) is 0 Å². The molecule has 20 saturated carbocycles. The highest BCUT2D eigenvalue weighted by atomic mass is 16.7. The van der Waals surface area contributed by atoms with E-state index < -0.39 is 6.29 Å². The van der Waals surface area contributed by atoms with Crippen molar-refractivity contribution < 1.29 is 76.1 Å². The van der Waals surface area contributed by atoms with Crippen LogP contribution < -0.4 is 0 Å². The summed E-state index contributed by atoms with van der Waals surface area (Å²) in [5.41, 5.74) is -0.0392. The van der Waals surface area contributed by atoms with Gasteiger partial charge in [0, 0.05) is 20.1 Å². The van der Waals surface area contributed by atoms with Crippen molar-refractivity contribution in [1.82, 2.24) is 0 Å². The molecular weight excluding hydrogens is 1410 g/mol. The van der Waals surface area contributed by atoms with Crippen LogP contribution in [-0.2, 0) is 76.1 Å². The lowest BCUT2D eigenvalue weighted by molar-refractivity contribution is -0.194. The number of carbonyl (C=O) groups is 6. The molecule has 1 heterocycles. The number of carbonyl (C=O) groups excluding carboxylic acids is 6. The molecule has 21 rings (SSSR count). The van der Waals surface area contributed by atoms with Crippen molar-refractivity contribution in [2.24, 2.45) is 225 Å². The van der Waals surface area contributed by atoms with E-state index in [1.807, 2.05) is 13.8 Å². The molecule has 0 spiro atoms. The van der Waals surface area contributed by atoms with Gasteiger partial charge in [0.2, 0.25) is 6.29 Å². The summed E-state index contributed by atoms with van der Waals surface area (Å²) >= 11 is 0. The second-order valence-electron chi connectivity index (χ2n) is 43.1. The first-order valence-corrected chi connectivity index (χ1v) is 47.0. The van der Waals surface area contributed by atoms with Gasteiger partial charge < -0.3 is 47.4 Å². The summed E-state index contributed by atoms with van der Waals surface area (Å²) in [4.78, 5) is 73.9. The SMILES string of the molecule is CC(C)COC(C)OC(=O)C1CC2CC1C(C)C2C.CC1C2CC(C(=O)OC34CC5CC(CC(C5)C3)C4)C(C2)C1C.CC1C2CC(C(=O)OC3C4CC5CC(C4)CC3C5)C(C2)C1C.CC1C2CC(C(=O)OC3CCCCO3)C(C2)C1C.CCOCOC(=O)C1CC2CC1C(C)C2C.COCOC(=O)C1CC2CC1C(C)C2C. The van der Waals surface area contributed by atoms with Gasteiger partial charge in [-0.25, -0.2) is 0 Å². The Hall–Kier alpha value is -3.34. The maximum atomic E-state index is 12.9. The lowest BCUT2D eigenvalue weighted by Gasteiger charge is -2.56. The zero-order chi connectivity index (χ0) is 79.6. The van der Waals surface area contributed by atoms with Crippen molar-refractivity contribution in [2.45, 2.75) is 302 Å². The van der Waals surface area contributed by atoms with E-state index in [4.69, 9.17) is 47.4 Å². The minimum atomic E-state index is -0.415. The summed E-state index contributed by atoms with van der Waals surface area (Å²) in [5.74, 6) is 24.4. The van der Waals surface area contributed by atoms with Gasteiger partial charge in [-0.3, -0.25) is 28.8 Å². The summed E-state index contributed by atoms with van der Waals surface area (Å²) in [6, 6.07) is 0. The Morgan fingerprint density at radius 1 is 0.375 bits per heavy atom. The second-order valence-corrected chi connectivity index (χ2v) is 43.1. The third-order valence-corrected chi connectivity index (χ3v) is 37.0. The molecule has 0 radical (unpaired) electrons. The van der Waals surface area contributed by atoms with Crippen LogP contribution in [0.4, 0.5) is 0 Å². The van der Waals surface area contributed by atoms with Crippen LogP contribution in [-0.4, -0.2) is 101 Å². The average Bonchev–Trinajstić information content (AvgIpc) is 1.26. The summed E-state index contributed by atoms with van der Waals surface area (Å²) in [6.07, 6.45) is 31.1. The minimum Gasteiger partial charge on any atom is -0.462 e. The van der Waals surface area contributed by atoms with Gasteiger partial charge >= 0.3 is 35.8 Å². The maximum Gasteiger partial charge on any atom is 0.311 e. The molecule has 1 aliphatic heterocycles. The molecule has 21 aliphatic rings. The molecule has 21 fully saturated rings. The number of hydrogen-bond acceptors (Lipinski definition) is 16. The zero-order valence-corrected chi connectivity index (χ0v) is 72.6. The lowest BCUT2D eigenvalue weighted by atomic mass is 9.54. The molecule has 20 bridgehead atoms. The molecule has 0 aromatic rings. The fourth-order valence-corrected chi connectivity index (χ4v) is 30.2. The van der Waals surface area contributed by atoms with Gasteiger partial charge in [0.15, 0.2) is 19.9 Å². The summed E-state index contributed by atoms with van der Waals surface area (Å²) in [7, 11) is 1.54. The summed E-state index contributed by atoms with van der Waals surface area (Å²) < 4.78 is 54.6. The first-order chi connectivity index (χ1) is 53.5. The molecule has 32 unspecified atom stereocenters. The van der Waals surface area contributed by atoms with Crippen LogP contribution in [0.3, 0.4) is 0 Å². The van der Waals surface area contributed by atoms with Crippen LogP contribution in [0.15, 0.2) is 0 Å². The van der Waals surface area contributed by atoms with E-state index in [1.54, 1.807) is 7.11 Å². The first kappa shape index (κ1) is 85.1. The predicted molar refractivity (Wildman–Crippen MR) is 429 cm³/mol. The second kappa shape index (κ2) is 35.9. The first-order valence-electron chi connectivity index (χ1n) is 47.0. The van der Waals surface area contributed by atoms with Gasteiger partial charge in [0.25, 0.3) is 0 Å². The van der Waals surface area contributed by atoms with Gasteiger partial charge in [0.05, 0.1) is 48.7 Å². The van der Waals surface area contributed by atoms with E-state index in [1.165, 1.54) is 109 Å². The normalized spacial score (nSPS) is 48.8. The summed E-state index contributed by atoms with van der Waals surface area (Å²) in [6.45, 7) is 38.0. The standard InChI is InChI=1S/2C20H30O2.C16H28O3.C15H24O3.C13H22O3.C12H20O3/c1-11-12(2)17-6-16(11)7-18(17)19(21)22-20-8-13-3-14(9-20)5-15(4-13)10-20;1-10-11(2)17-8-14(10)9-18(17)20(21)22-19-15-4-12-3-13(6-15)7-16(19)5-12;1-9(2)8-18-12(5)19-16(17)15-7-13-6-14(15)11(4)10(13)3;1-9-10(2)12-7-11(9)8-13(12)15(16)18-14-5-3-4-6-17-14;1-4-15-7-16-13(14)12-6-10-5-11(12)9(3)8(10)2;1-7-8(2)10-4-9(7)5-11(10)12(13)15-6-14-3/h11-18H,3-10H2,1-2H3;10-19H,3-9H2,1-2H3;9-15H,6-8H2,1-5H3;9-14H,3-8H2,1-2H3;8-12H,4-7H2,1-3H3;7-11H,4-6H2,1-3H3. The smallest absolute Gasteiger partial charge is 0.311 e. The number of rotatable bonds is 18. The number of methoxy groups -OCH3 is 1. The lowest BCUT2D eigenvalue weighted by Crippen LogP contribution is -2.53. The largest absolute Gasteiger partial charge is 0.462 e. The van der Waals surface area contributed by atoms with Gasteiger partial charge in [-0.2, -0.15) is 0 Å². The molecule has 16 heteroatoms. The van der Waals surface area contributed by atoms with Crippen molar-refractivity contribution in [2.75, 3.05) is 40.5 Å². The highest BCUT2D eigenvalue weighted by Crippen LogP contribution is 2.63. The highest BCUT2D eigenvalue weighted by Gasteiger charge is 2.60. The average molecular weight is 1560 g/mol. The molecule has 32 atom stereocenters. The molecule has 0 N–H and O–H groups in total. The predicted octanol–water partition coefficient (Wildman–Crippen LogP) is 19.7. The highest BCUT2D eigenvalue weighted by molar-refractivity contribution is 5.76. The topological polar surface area (TPSA) is 195 Å². The fourth-order valence-electron chi connectivity index (χ4n) is 30.2. The number of hydrogen-bond donors (Lipinski definition) is 0. The third kappa shape index (κ3) is 17.8. The van der Waals surface area contributed by atoms with Crippen molar-refractivity contribution >= 4 is 35.8 Å². The van der Waals surface area contributed by atoms with Crippen molar-refractivity contribution in [3.8, 4) is 0 Å². The Morgan fingerprint density at radius 2 is 0.723 bits per heavy atom. The number of esters is 6. The molecule has 1 saturated heterocycles. The molecular formula is C96H154O16.